The van der Waals surface area contributed by atoms with Crippen LogP contribution in [0.25, 0.3) is 0 Å². The molecule has 0 aliphatic carbocycles. The molecule has 0 unspecified atom stereocenters. The molecule has 0 aromatic carbocycles. The lowest BCUT2D eigenvalue weighted by atomic mass is 9.97. The van der Waals surface area contributed by atoms with Crippen molar-refractivity contribution in [3.63, 3.8) is 0 Å². The summed E-state index contributed by atoms with van der Waals surface area (Å²) in [6, 6.07) is 4.23. The van der Waals surface area contributed by atoms with Gasteiger partial charge in [-0.05, 0) is 18.1 Å². The number of rotatable bonds is 2. The average molecular weight is 270 g/mol. The second-order valence-corrected chi connectivity index (χ2v) is 5.40. The Kier molecular flexibility index (Phi) is 3.26. The van der Waals surface area contributed by atoms with Crippen molar-refractivity contribution in [3.8, 4) is 0 Å². The maximum Gasteiger partial charge on any atom is 0.274 e. The van der Waals surface area contributed by atoms with Crippen LogP contribution in [-0.4, -0.2) is 31.9 Å². The van der Waals surface area contributed by atoms with Gasteiger partial charge in [0, 0.05) is 37.4 Å². The van der Waals surface area contributed by atoms with Crippen LogP contribution in [0.2, 0.25) is 0 Å². The molecule has 1 atom stereocenters. The first-order chi connectivity index (χ1) is 9.68. The Labute approximate surface area is 118 Å². The van der Waals surface area contributed by atoms with Crippen molar-refractivity contribution in [1.29, 1.82) is 0 Å². The van der Waals surface area contributed by atoms with E-state index < -0.39 is 0 Å². The van der Waals surface area contributed by atoms with E-state index in [2.05, 4.69) is 40.6 Å². The smallest absolute Gasteiger partial charge is 0.274 e. The SMILES string of the molecule is CC(C)[C@H]1c2cccn2CCN1C(=O)c1cnccn1. The number of fused-ring (bicyclic) bond motifs is 1. The largest absolute Gasteiger partial charge is 0.348 e. The predicted molar refractivity (Wildman–Crippen MR) is 75.1 cm³/mol. The molecule has 0 radical (unpaired) electrons. The van der Waals surface area contributed by atoms with E-state index in [4.69, 9.17) is 0 Å². The highest BCUT2D eigenvalue weighted by molar-refractivity contribution is 5.92. The molecule has 3 rings (SSSR count). The summed E-state index contributed by atoms with van der Waals surface area (Å²) in [4.78, 5) is 22.7. The van der Waals surface area contributed by atoms with Crippen LogP contribution in [0.5, 0.6) is 0 Å². The van der Waals surface area contributed by atoms with E-state index in [0.29, 0.717) is 18.2 Å². The summed E-state index contributed by atoms with van der Waals surface area (Å²) in [6.07, 6.45) is 6.75. The van der Waals surface area contributed by atoms with Crippen LogP contribution in [0.4, 0.5) is 0 Å². The number of aromatic nitrogens is 3. The zero-order chi connectivity index (χ0) is 14.1. The molecule has 0 fully saturated rings. The van der Waals surface area contributed by atoms with Crippen LogP contribution in [0.3, 0.4) is 0 Å². The molecule has 3 heterocycles. The summed E-state index contributed by atoms with van der Waals surface area (Å²) < 4.78 is 2.23. The van der Waals surface area contributed by atoms with Crippen LogP contribution in [0.15, 0.2) is 36.9 Å². The van der Waals surface area contributed by atoms with E-state index in [1.54, 1.807) is 12.4 Å². The molecule has 0 saturated carbocycles. The highest BCUT2D eigenvalue weighted by atomic mass is 16.2. The quantitative estimate of drug-likeness (QED) is 0.840. The van der Waals surface area contributed by atoms with Crippen LogP contribution in [-0.2, 0) is 6.54 Å². The van der Waals surface area contributed by atoms with Gasteiger partial charge in [0.2, 0.25) is 0 Å². The molecular weight excluding hydrogens is 252 g/mol. The van der Waals surface area contributed by atoms with Crippen molar-refractivity contribution in [2.24, 2.45) is 5.92 Å². The first kappa shape index (κ1) is 12.8. The summed E-state index contributed by atoms with van der Waals surface area (Å²) in [5.41, 5.74) is 1.61. The number of carbonyl (C=O) groups is 1. The molecule has 0 spiro atoms. The van der Waals surface area contributed by atoms with Crippen molar-refractivity contribution in [2.75, 3.05) is 6.54 Å². The molecule has 104 valence electrons. The van der Waals surface area contributed by atoms with Crippen LogP contribution >= 0.6 is 0 Å². The van der Waals surface area contributed by atoms with Crippen LogP contribution in [0.1, 0.15) is 36.1 Å². The Balaban J connectivity index is 1.96. The fourth-order valence-electron chi connectivity index (χ4n) is 2.90. The Morgan fingerprint density at radius 2 is 2.20 bits per heavy atom. The van der Waals surface area contributed by atoms with E-state index in [1.807, 2.05) is 11.0 Å². The molecule has 5 nitrogen and oxygen atoms in total. The van der Waals surface area contributed by atoms with Gasteiger partial charge in [-0.2, -0.15) is 0 Å². The van der Waals surface area contributed by atoms with E-state index in [-0.39, 0.29) is 11.9 Å². The van der Waals surface area contributed by atoms with Gasteiger partial charge in [0.05, 0.1) is 12.2 Å². The number of hydrogen-bond donors (Lipinski definition) is 0. The van der Waals surface area contributed by atoms with Gasteiger partial charge in [-0.25, -0.2) is 4.98 Å². The molecule has 1 aliphatic rings. The van der Waals surface area contributed by atoms with E-state index in [1.165, 1.54) is 11.9 Å². The highest BCUT2D eigenvalue weighted by Gasteiger charge is 2.33. The molecule has 1 amide bonds. The molecule has 5 heteroatoms. The first-order valence-electron chi connectivity index (χ1n) is 6.90. The van der Waals surface area contributed by atoms with Crippen molar-refractivity contribution < 1.29 is 4.79 Å². The molecule has 0 N–H and O–H groups in total. The van der Waals surface area contributed by atoms with Crippen molar-refractivity contribution >= 4 is 5.91 Å². The molecule has 2 aromatic heterocycles. The summed E-state index contributed by atoms with van der Waals surface area (Å²) in [5.74, 6) is 0.314. The zero-order valence-corrected chi connectivity index (χ0v) is 11.7. The summed E-state index contributed by atoms with van der Waals surface area (Å²) in [6.45, 7) is 5.83. The second kappa shape index (κ2) is 5.07. The average Bonchev–Trinajstić information content (AvgIpc) is 2.94. The lowest BCUT2D eigenvalue weighted by molar-refractivity contribution is 0.0550. The van der Waals surface area contributed by atoms with Crippen molar-refractivity contribution in [3.05, 3.63) is 48.3 Å². The van der Waals surface area contributed by atoms with Gasteiger partial charge in [-0.15, -0.1) is 0 Å². The second-order valence-electron chi connectivity index (χ2n) is 5.40. The number of hydrogen-bond acceptors (Lipinski definition) is 3. The first-order valence-corrected chi connectivity index (χ1v) is 6.90. The lowest BCUT2D eigenvalue weighted by Gasteiger charge is -2.39. The van der Waals surface area contributed by atoms with E-state index in [0.717, 1.165) is 6.54 Å². The molecule has 0 bridgehead atoms. The third kappa shape index (κ3) is 2.09. The van der Waals surface area contributed by atoms with Gasteiger partial charge >= 0.3 is 0 Å². The monoisotopic (exact) mass is 270 g/mol. The minimum Gasteiger partial charge on any atom is -0.348 e. The lowest BCUT2D eigenvalue weighted by Crippen LogP contribution is -2.44. The van der Waals surface area contributed by atoms with Crippen LogP contribution < -0.4 is 0 Å². The maximum atomic E-state index is 12.7. The number of nitrogens with zero attached hydrogens (tertiary/aromatic N) is 4. The zero-order valence-electron chi connectivity index (χ0n) is 11.7. The standard InChI is InChI=1S/C15H18N4O/c1-11(2)14-13-4-3-7-18(13)8-9-19(14)15(20)12-10-16-5-6-17-12/h3-7,10-11,14H,8-9H2,1-2H3/t14-/m0/s1. The highest BCUT2D eigenvalue weighted by Crippen LogP contribution is 2.33. The third-order valence-corrected chi connectivity index (χ3v) is 3.76. The Bertz CT molecular complexity index is 605. The molecular formula is C15H18N4O. The number of amides is 1. The van der Waals surface area contributed by atoms with Gasteiger partial charge < -0.3 is 9.47 Å². The van der Waals surface area contributed by atoms with E-state index in [9.17, 15) is 4.79 Å². The molecule has 0 saturated heterocycles. The topological polar surface area (TPSA) is 51.0 Å². The fourth-order valence-corrected chi connectivity index (χ4v) is 2.90. The molecule has 1 aliphatic heterocycles. The van der Waals surface area contributed by atoms with Gasteiger partial charge in [-0.3, -0.25) is 9.78 Å². The van der Waals surface area contributed by atoms with Gasteiger partial charge in [-0.1, -0.05) is 13.8 Å². The Hall–Kier alpha value is -2.17. The van der Waals surface area contributed by atoms with E-state index >= 15 is 0 Å². The minimum atomic E-state index is -0.0377. The van der Waals surface area contributed by atoms with Crippen molar-refractivity contribution in [2.45, 2.75) is 26.4 Å². The molecule has 2 aromatic rings. The third-order valence-electron chi connectivity index (χ3n) is 3.76. The predicted octanol–water partition coefficient (Wildman–Crippen LogP) is 2.13. The van der Waals surface area contributed by atoms with Gasteiger partial charge in [0.15, 0.2) is 0 Å². The minimum absolute atomic E-state index is 0.0377. The maximum absolute atomic E-state index is 12.7. The molecule has 20 heavy (non-hydrogen) atoms. The van der Waals surface area contributed by atoms with Gasteiger partial charge in [0.1, 0.15) is 5.69 Å². The normalized spacial score (nSPS) is 18.1. The Morgan fingerprint density at radius 3 is 2.90 bits per heavy atom. The fraction of sp³-hybridized carbons (Fsp3) is 0.400. The summed E-state index contributed by atoms with van der Waals surface area (Å²) >= 11 is 0. The van der Waals surface area contributed by atoms with Gasteiger partial charge in [0.25, 0.3) is 5.91 Å². The van der Waals surface area contributed by atoms with Crippen LogP contribution in [0, 0.1) is 5.92 Å². The summed E-state index contributed by atoms with van der Waals surface area (Å²) in [7, 11) is 0. The summed E-state index contributed by atoms with van der Waals surface area (Å²) in [5, 5.41) is 0. The number of carbonyl (C=O) groups excluding carboxylic acids is 1. The Morgan fingerprint density at radius 1 is 1.35 bits per heavy atom. The van der Waals surface area contributed by atoms with Crippen molar-refractivity contribution in [1.82, 2.24) is 19.4 Å².